The maximum atomic E-state index is 2.40. The highest BCUT2D eigenvalue weighted by atomic mass is 15.0. The molecule has 3 nitrogen and oxygen atoms in total. The molecule has 0 spiro atoms. The lowest BCUT2D eigenvalue weighted by molar-refractivity contribution is 1.13. The van der Waals surface area contributed by atoms with E-state index in [1.807, 2.05) is 0 Å². The molecule has 0 saturated heterocycles. The van der Waals surface area contributed by atoms with Crippen molar-refractivity contribution in [1.82, 2.24) is 13.7 Å². The molecule has 0 aliphatic rings. The summed E-state index contributed by atoms with van der Waals surface area (Å²) in [6.07, 6.45) is 2.19. The van der Waals surface area contributed by atoms with Crippen molar-refractivity contribution >= 4 is 54.5 Å². The van der Waals surface area contributed by atoms with Gasteiger partial charge in [0.05, 0.1) is 27.6 Å². The molecular weight excluding hydrogens is 498 g/mol. The molecular formula is C38H25N3. The van der Waals surface area contributed by atoms with Crippen LogP contribution in [0.5, 0.6) is 0 Å². The van der Waals surface area contributed by atoms with Crippen LogP contribution in [0.2, 0.25) is 0 Å². The molecule has 0 fully saturated rings. The highest BCUT2D eigenvalue weighted by Crippen LogP contribution is 2.38. The van der Waals surface area contributed by atoms with Crippen molar-refractivity contribution in [3.05, 3.63) is 152 Å². The highest BCUT2D eigenvalue weighted by molar-refractivity contribution is 6.20. The standard InChI is InChI=1S/C38H25N3/c1-2-10-27(11-3-1)39-25-24-26-18-23-36-37(38(26)39)32-14-6-9-17-35(32)41(36)29-21-19-28(20-22-29)40-33-15-7-4-12-30(33)31-13-5-8-16-34(31)40/h1-25H. The van der Waals surface area contributed by atoms with Crippen LogP contribution in [0.4, 0.5) is 0 Å². The van der Waals surface area contributed by atoms with E-state index in [2.05, 4.69) is 165 Å². The van der Waals surface area contributed by atoms with Crippen LogP contribution < -0.4 is 0 Å². The quantitative estimate of drug-likeness (QED) is 0.219. The van der Waals surface area contributed by atoms with E-state index in [1.165, 1.54) is 60.2 Å². The predicted octanol–water partition coefficient (Wildman–Crippen LogP) is 9.82. The van der Waals surface area contributed by atoms with Crippen molar-refractivity contribution < 1.29 is 0 Å². The fourth-order valence-electron chi connectivity index (χ4n) is 6.72. The van der Waals surface area contributed by atoms with Crippen LogP contribution in [0, 0.1) is 0 Å². The van der Waals surface area contributed by atoms with E-state index >= 15 is 0 Å². The average Bonchev–Trinajstić information content (AvgIpc) is 3.72. The Morgan fingerprint density at radius 2 is 0.854 bits per heavy atom. The van der Waals surface area contributed by atoms with E-state index in [1.54, 1.807) is 0 Å². The van der Waals surface area contributed by atoms with Crippen molar-refractivity contribution in [3.8, 4) is 17.1 Å². The van der Waals surface area contributed by atoms with E-state index in [9.17, 15) is 0 Å². The summed E-state index contributed by atoms with van der Waals surface area (Å²) in [7, 11) is 0. The summed E-state index contributed by atoms with van der Waals surface area (Å²) in [6, 6.07) is 52.5. The number of rotatable bonds is 3. The van der Waals surface area contributed by atoms with Gasteiger partial charge in [0.2, 0.25) is 0 Å². The smallest absolute Gasteiger partial charge is 0.0628 e. The van der Waals surface area contributed by atoms with Crippen LogP contribution in [-0.2, 0) is 0 Å². The molecule has 3 heteroatoms. The van der Waals surface area contributed by atoms with Crippen LogP contribution in [0.1, 0.15) is 0 Å². The Morgan fingerprint density at radius 3 is 1.49 bits per heavy atom. The maximum absolute atomic E-state index is 2.40. The van der Waals surface area contributed by atoms with Crippen molar-refractivity contribution in [1.29, 1.82) is 0 Å². The molecule has 3 heterocycles. The molecule has 192 valence electrons. The molecule has 0 saturated carbocycles. The molecule has 41 heavy (non-hydrogen) atoms. The second-order valence-corrected chi connectivity index (χ2v) is 10.7. The van der Waals surface area contributed by atoms with Gasteiger partial charge in [0.25, 0.3) is 0 Å². The Hall–Kier alpha value is -5.54. The maximum Gasteiger partial charge on any atom is 0.0628 e. The fraction of sp³-hybridized carbons (Fsp3) is 0. The zero-order chi connectivity index (χ0) is 26.9. The zero-order valence-corrected chi connectivity index (χ0v) is 22.3. The summed E-state index contributed by atoms with van der Waals surface area (Å²) in [6.45, 7) is 0. The first-order valence-corrected chi connectivity index (χ1v) is 14.0. The van der Waals surface area contributed by atoms with Gasteiger partial charge in [-0.2, -0.15) is 0 Å². The normalized spacial score (nSPS) is 11.9. The molecule has 0 bridgehead atoms. The second kappa shape index (κ2) is 8.48. The summed E-state index contributed by atoms with van der Waals surface area (Å²) in [4.78, 5) is 0. The van der Waals surface area contributed by atoms with Crippen LogP contribution in [0.15, 0.2) is 152 Å². The average molecular weight is 524 g/mol. The Labute approximate surface area is 236 Å². The van der Waals surface area contributed by atoms with E-state index in [0.717, 1.165) is 11.4 Å². The molecule has 0 aliphatic heterocycles. The number of benzene rings is 6. The zero-order valence-electron chi connectivity index (χ0n) is 22.3. The molecule has 0 radical (unpaired) electrons. The summed E-state index contributed by atoms with van der Waals surface area (Å²) in [5.74, 6) is 0. The summed E-state index contributed by atoms with van der Waals surface area (Å²) in [5, 5.41) is 6.33. The number of aromatic nitrogens is 3. The van der Waals surface area contributed by atoms with Crippen molar-refractivity contribution in [2.24, 2.45) is 0 Å². The number of hydrogen-bond donors (Lipinski definition) is 0. The van der Waals surface area contributed by atoms with Gasteiger partial charge in [0.1, 0.15) is 0 Å². The Bertz CT molecular complexity index is 2350. The Morgan fingerprint density at radius 1 is 0.341 bits per heavy atom. The van der Waals surface area contributed by atoms with E-state index < -0.39 is 0 Å². The van der Waals surface area contributed by atoms with Gasteiger partial charge in [-0.1, -0.05) is 78.9 Å². The van der Waals surface area contributed by atoms with Gasteiger partial charge in [0.15, 0.2) is 0 Å². The summed E-state index contributed by atoms with van der Waals surface area (Å²) >= 11 is 0. The lowest BCUT2D eigenvalue weighted by Gasteiger charge is -2.12. The molecule has 0 unspecified atom stereocenters. The Kier molecular flexibility index (Phi) is 4.61. The first-order valence-electron chi connectivity index (χ1n) is 14.0. The Balaban J connectivity index is 1.29. The molecule has 0 N–H and O–H groups in total. The highest BCUT2D eigenvalue weighted by Gasteiger charge is 2.18. The number of hydrogen-bond acceptors (Lipinski definition) is 0. The van der Waals surface area contributed by atoms with Crippen LogP contribution in [-0.4, -0.2) is 13.7 Å². The van der Waals surface area contributed by atoms with Gasteiger partial charge in [0, 0.05) is 50.2 Å². The van der Waals surface area contributed by atoms with Crippen molar-refractivity contribution in [2.75, 3.05) is 0 Å². The third kappa shape index (κ3) is 3.14. The molecule has 0 aliphatic carbocycles. The number of para-hydroxylation sites is 4. The number of nitrogens with zero attached hydrogens (tertiary/aromatic N) is 3. The molecule has 0 atom stereocenters. The van der Waals surface area contributed by atoms with Gasteiger partial charge in [-0.15, -0.1) is 0 Å². The van der Waals surface area contributed by atoms with Crippen LogP contribution >= 0.6 is 0 Å². The first kappa shape index (κ1) is 22.3. The van der Waals surface area contributed by atoms with E-state index in [0.29, 0.717) is 0 Å². The van der Waals surface area contributed by atoms with Gasteiger partial charge in [-0.3, -0.25) is 0 Å². The van der Waals surface area contributed by atoms with Crippen molar-refractivity contribution in [2.45, 2.75) is 0 Å². The third-order valence-electron chi connectivity index (χ3n) is 8.47. The second-order valence-electron chi connectivity index (χ2n) is 10.7. The minimum Gasteiger partial charge on any atom is -0.316 e. The predicted molar refractivity (Wildman–Crippen MR) is 172 cm³/mol. The van der Waals surface area contributed by atoms with Crippen LogP contribution in [0.25, 0.3) is 71.6 Å². The summed E-state index contributed by atoms with van der Waals surface area (Å²) in [5.41, 5.74) is 9.59. The minimum atomic E-state index is 1.15. The largest absolute Gasteiger partial charge is 0.316 e. The monoisotopic (exact) mass is 523 g/mol. The van der Waals surface area contributed by atoms with Gasteiger partial charge >= 0.3 is 0 Å². The SMILES string of the molecule is c1ccc(-n2ccc3ccc4c(c5ccccc5n4-c4ccc(-n5c6ccccc6c6ccccc65)cc4)c32)cc1. The lowest BCUT2D eigenvalue weighted by atomic mass is 10.1. The van der Waals surface area contributed by atoms with Crippen molar-refractivity contribution in [3.63, 3.8) is 0 Å². The van der Waals surface area contributed by atoms with E-state index in [4.69, 9.17) is 0 Å². The minimum absolute atomic E-state index is 1.15. The van der Waals surface area contributed by atoms with Gasteiger partial charge in [-0.05, 0) is 66.7 Å². The molecule has 3 aromatic heterocycles. The topological polar surface area (TPSA) is 14.8 Å². The molecule has 9 aromatic rings. The van der Waals surface area contributed by atoms with Gasteiger partial charge < -0.3 is 13.7 Å². The summed E-state index contributed by atoms with van der Waals surface area (Å²) < 4.78 is 7.10. The van der Waals surface area contributed by atoms with E-state index in [-0.39, 0.29) is 0 Å². The molecule has 0 amide bonds. The van der Waals surface area contributed by atoms with Gasteiger partial charge in [-0.25, -0.2) is 0 Å². The first-order chi connectivity index (χ1) is 20.4. The third-order valence-corrected chi connectivity index (χ3v) is 8.47. The molecule has 6 aromatic carbocycles. The number of fused-ring (bicyclic) bond motifs is 8. The lowest BCUT2D eigenvalue weighted by Crippen LogP contribution is -1.97. The van der Waals surface area contributed by atoms with Crippen LogP contribution in [0.3, 0.4) is 0 Å². The fourth-order valence-corrected chi connectivity index (χ4v) is 6.72. The molecule has 9 rings (SSSR count).